The Kier molecular flexibility index (Phi) is 4.45. The molecule has 0 aromatic carbocycles. The van der Waals surface area contributed by atoms with Gasteiger partial charge in [-0.1, -0.05) is 0 Å². The van der Waals surface area contributed by atoms with E-state index in [1.54, 1.807) is 0 Å². The van der Waals surface area contributed by atoms with Gasteiger partial charge in [0.1, 0.15) is 0 Å². The van der Waals surface area contributed by atoms with Crippen LogP contribution in [0.2, 0.25) is 0 Å². The largest absolute Gasteiger partial charge is 0.469 e. The van der Waals surface area contributed by atoms with Crippen LogP contribution in [-0.4, -0.2) is 19.1 Å². The van der Waals surface area contributed by atoms with Crippen molar-refractivity contribution in [2.24, 2.45) is 11.7 Å². The Bertz CT molecular complexity index is 140. The molecule has 66 valence electrons. The summed E-state index contributed by atoms with van der Waals surface area (Å²) in [4.78, 5) is 10.9. The van der Waals surface area contributed by atoms with Crippen molar-refractivity contribution in [1.82, 2.24) is 0 Å². The van der Waals surface area contributed by atoms with Gasteiger partial charge in [-0.25, -0.2) is 0 Å². The lowest BCUT2D eigenvalue weighted by molar-refractivity contribution is -0.145. The smallest absolute Gasteiger partial charge is 0.308 e. The molecular formula is C7H14ClNO2. The highest BCUT2D eigenvalue weighted by atomic mass is 35.5. The van der Waals surface area contributed by atoms with E-state index in [0.717, 1.165) is 19.3 Å². The fraction of sp³-hybridized carbons (Fsp3) is 0.857. The van der Waals surface area contributed by atoms with E-state index < -0.39 is 0 Å². The first kappa shape index (κ1) is 10.7. The van der Waals surface area contributed by atoms with Crippen molar-refractivity contribution in [2.75, 3.05) is 7.11 Å². The first-order chi connectivity index (χ1) is 4.74. The molecular weight excluding hydrogens is 166 g/mol. The fourth-order valence-corrected chi connectivity index (χ4v) is 1.40. The van der Waals surface area contributed by atoms with E-state index >= 15 is 0 Å². The van der Waals surface area contributed by atoms with Gasteiger partial charge >= 0.3 is 5.97 Å². The van der Waals surface area contributed by atoms with E-state index in [1.807, 2.05) is 0 Å². The predicted molar refractivity (Wildman–Crippen MR) is 44.6 cm³/mol. The Balaban J connectivity index is 0.000001000. The Morgan fingerprint density at radius 1 is 1.55 bits per heavy atom. The molecule has 0 saturated heterocycles. The lowest BCUT2D eigenvalue weighted by Crippen LogP contribution is -2.18. The van der Waals surface area contributed by atoms with Crippen LogP contribution < -0.4 is 5.73 Å². The highest BCUT2D eigenvalue weighted by Crippen LogP contribution is 2.24. The molecule has 0 aromatic heterocycles. The highest BCUT2D eigenvalue weighted by Gasteiger charge is 2.27. The first-order valence-electron chi connectivity index (χ1n) is 3.57. The molecule has 1 saturated carbocycles. The summed E-state index contributed by atoms with van der Waals surface area (Å²) < 4.78 is 4.59. The van der Waals surface area contributed by atoms with E-state index in [1.165, 1.54) is 7.11 Å². The minimum absolute atomic E-state index is 0. The summed E-state index contributed by atoms with van der Waals surface area (Å²) in [5, 5.41) is 0. The molecule has 1 unspecified atom stereocenters. The lowest BCUT2D eigenvalue weighted by Gasteiger charge is -2.04. The molecule has 0 radical (unpaired) electrons. The number of carbonyl (C=O) groups is 1. The molecule has 0 amide bonds. The summed E-state index contributed by atoms with van der Waals surface area (Å²) in [6.45, 7) is 0. The normalized spacial score (nSPS) is 29.3. The quantitative estimate of drug-likeness (QED) is 0.604. The molecule has 1 fully saturated rings. The predicted octanol–water partition coefficient (Wildman–Crippen LogP) is 0.709. The topological polar surface area (TPSA) is 52.3 Å². The van der Waals surface area contributed by atoms with Gasteiger partial charge in [-0.15, -0.1) is 12.4 Å². The number of hydrogen-bond acceptors (Lipinski definition) is 3. The zero-order chi connectivity index (χ0) is 7.56. The molecule has 0 heterocycles. The monoisotopic (exact) mass is 179 g/mol. The summed E-state index contributed by atoms with van der Waals surface area (Å²) >= 11 is 0. The molecule has 0 aromatic rings. The number of esters is 1. The van der Waals surface area contributed by atoms with Crippen LogP contribution in [0, 0.1) is 5.92 Å². The SMILES string of the molecule is COC(=O)[C@H]1CCC(N)C1.Cl. The summed E-state index contributed by atoms with van der Waals surface area (Å²) in [5.41, 5.74) is 5.61. The Morgan fingerprint density at radius 2 is 2.18 bits per heavy atom. The van der Waals surface area contributed by atoms with Gasteiger partial charge in [0.05, 0.1) is 13.0 Å². The van der Waals surface area contributed by atoms with Gasteiger partial charge in [-0.2, -0.15) is 0 Å². The van der Waals surface area contributed by atoms with E-state index in [2.05, 4.69) is 4.74 Å². The first-order valence-corrected chi connectivity index (χ1v) is 3.57. The third-order valence-electron chi connectivity index (χ3n) is 2.01. The molecule has 2 atom stereocenters. The molecule has 1 rings (SSSR count). The summed E-state index contributed by atoms with van der Waals surface area (Å²) in [6, 6.07) is 0.212. The van der Waals surface area contributed by atoms with Crippen LogP contribution in [0.25, 0.3) is 0 Å². The maximum atomic E-state index is 10.9. The molecule has 0 spiro atoms. The van der Waals surface area contributed by atoms with Crippen molar-refractivity contribution in [2.45, 2.75) is 25.3 Å². The van der Waals surface area contributed by atoms with Gasteiger partial charge < -0.3 is 10.5 Å². The van der Waals surface area contributed by atoms with Gasteiger partial charge in [0.25, 0.3) is 0 Å². The molecule has 0 aliphatic heterocycles. The Labute approximate surface area is 72.7 Å². The van der Waals surface area contributed by atoms with Crippen LogP contribution in [0.1, 0.15) is 19.3 Å². The van der Waals surface area contributed by atoms with Crippen molar-refractivity contribution in [3.8, 4) is 0 Å². The molecule has 3 nitrogen and oxygen atoms in total. The second-order valence-electron chi connectivity index (χ2n) is 2.79. The minimum Gasteiger partial charge on any atom is -0.469 e. The molecule has 11 heavy (non-hydrogen) atoms. The summed E-state index contributed by atoms with van der Waals surface area (Å²) in [5.74, 6) is -0.0343. The average molecular weight is 180 g/mol. The standard InChI is InChI=1S/C7H13NO2.ClH/c1-10-7(9)5-2-3-6(8)4-5;/h5-6H,2-4,8H2,1H3;1H/t5-,6?;/m0./s1. The van der Waals surface area contributed by atoms with Crippen molar-refractivity contribution < 1.29 is 9.53 Å². The third-order valence-corrected chi connectivity index (χ3v) is 2.01. The number of methoxy groups -OCH3 is 1. The van der Waals surface area contributed by atoms with Crippen LogP contribution in [0.4, 0.5) is 0 Å². The van der Waals surface area contributed by atoms with E-state index in [4.69, 9.17) is 5.73 Å². The number of nitrogens with two attached hydrogens (primary N) is 1. The van der Waals surface area contributed by atoms with Gasteiger partial charge in [-0.3, -0.25) is 4.79 Å². The van der Waals surface area contributed by atoms with Crippen molar-refractivity contribution in [3.05, 3.63) is 0 Å². The molecule has 4 heteroatoms. The number of carbonyl (C=O) groups excluding carboxylic acids is 1. The summed E-state index contributed by atoms with van der Waals surface area (Å²) in [7, 11) is 1.42. The molecule has 1 aliphatic rings. The third kappa shape index (κ3) is 2.67. The van der Waals surface area contributed by atoms with Crippen LogP contribution >= 0.6 is 12.4 Å². The van der Waals surface area contributed by atoms with Crippen molar-refractivity contribution in [3.63, 3.8) is 0 Å². The van der Waals surface area contributed by atoms with Gasteiger partial charge in [0.2, 0.25) is 0 Å². The van der Waals surface area contributed by atoms with Gasteiger partial charge in [0, 0.05) is 6.04 Å². The van der Waals surface area contributed by atoms with Crippen molar-refractivity contribution >= 4 is 18.4 Å². The van der Waals surface area contributed by atoms with Crippen LogP contribution in [0.3, 0.4) is 0 Å². The minimum atomic E-state index is -0.104. The average Bonchev–Trinajstić information content (AvgIpc) is 2.34. The number of halogens is 1. The molecule has 2 N–H and O–H groups in total. The van der Waals surface area contributed by atoms with E-state index in [9.17, 15) is 4.79 Å². The maximum Gasteiger partial charge on any atom is 0.308 e. The Hall–Kier alpha value is -0.280. The van der Waals surface area contributed by atoms with Gasteiger partial charge in [-0.05, 0) is 19.3 Å². The van der Waals surface area contributed by atoms with Crippen LogP contribution in [0.15, 0.2) is 0 Å². The van der Waals surface area contributed by atoms with Crippen LogP contribution in [-0.2, 0) is 9.53 Å². The molecule has 0 bridgehead atoms. The van der Waals surface area contributed by atoms with E-state index in [0.29, 0.717) is 0 Å². The lowest BCUT2D eigenvalue weighted by atomic mass is 10.1. The highest BCUT2D eigenvalue weighted by molar-refractivity contribution is 5.85. The Morgan fingerprint density at radius 3 is 2.55 bits per heavy atom. The summed E-state index contributed by atoms with van der Waals surface area (Å²) in [6.07, 6.45) is 2.65. The van der Waals surface area contributed by atoms with Crippen LogP contribution in [0.5, 0.6) is 0 Å². The maximum absolute atomic E-state index is 10.9. The molecule has 1 aliphatic carbocycles. The van der Waals surface area contributed by atoms with E-state index in [-0.39, 0.29) is 30.3 Å². The second-order valence-corrected chi connectivity index (χ2v) is 2.79. The zero-order valence-electron chi connectivity index (χ0n) is 6.58. The fourth-order valence-electron chi connectivity index (χ4n) is 1.40. The number of ether oxygens (including phenoxy) is 1. The van der Waals surface area contributed by atoms with Gasteiger partial charge in [0.15, 0.2) is 0 Å². The van der Waals surface area contributed by atoms with Crippen molar-refractivity contribution in [1.29, 1.82) is 0 Å². The number of rotatable bonds is 1. The second kappa shape index (κ2) is 4.57. The number of hydrogen-bond donors (Lipinski definition) is 1. The zero-order valence-corrected chi connectivity index (χ0v) is 7.39.